The van der Waals surface area contributed by atoms with Gasteiger partial charge in [-0.15, -0.1) is 0 Å². The van der Waals surface area contributed by atoms with E-state index < -0.39 is 0 Å². The number of hydrogen-bond donors (Lipinski definition) is 1. The molecule has 150 valence electrons. The van der Waals surface area contributed by atoms with Gasteiger partial charge in [0.05, 0.1) is 0 Å². The van der Waals surface area contributed by atoms with E-state index in [0.29, 0.717) is 0 Å². The van der Waals surface area contributed by atoms with Crippen LogP contribution in [-0.4, -0.2) is 33.5 Å². The topological polar surface area (TPSA) is 33.6 Å². The summed E-state index contributed by atoms with van der Waals surface area (Å²) in [6, 6.07) is 6.54. The Bertz CT molecular complexity index is 682. The number of aliphatic imine (C=N–C) groups is 1. The van der Waals surface area contributed by atoms with Crippen LogP contribution in [0.25, 0.3) is 11.6 Å². The fraction of sp³-hybridized carbons (Fsp3) is 0.458. The Kier molecular flexibility index (Phi) is 12.9. The average Bonchev–Trinajstić information content (AvgIpc) is 2.66. The Labute approximate surface area is 166 Å². The van der Waals surface area contributed by atoms with Gasteiger partial charge in [0, 0.05) is 44.8 Å². The Morgan fingerprint density at radius 3 is 2.44 bits per heavy atom. The predicted molar refractivity (Wildman–Crippen MR) is 122 cm³/mol. The number of nitrogens with zero attached hydrogens (tertiary/aromatic N) is 1. The van der Waals surface area contributed by atoms with Gasteiger partial charge in [-0.05, 0) is 62.4 Å². The van der Waals surface area contributed by atoms with Crippen LogP contribution in [0, 0.1) is 6.92 Å². The molecule has 0 aliphatic heterocycles. The van der Waals surface area contributed by atoms with Crippen LogP contribution in [0.1, 0.15) is 57.7 Å². The molecule has 0 radical (unpaired) electrons. The molecule has 1 rings (SSSR count). The fourth-order valence-corrected chi connectivity index (χ4v) is 2.42. The third-order valence-electron chi connectivity index (χ3n) is 4.21. The monoisotopic (exact) mass is 370 g/mol. The van der Waals surface area contributed by atoms with Crippen molar-refractivity contribution in [2.45, 2.75) is 48.0 Å². The normalized spacial score (nSPS) is 12.4. The van der Waals surface area contributed by atoms with E-state index in [9.17, 15) is 0 Å². The first kappa shape index (κ1) is 24.9. The van der Waals surface area contributed by atoms with Crippen molar-refractivity contribution >= 4 is 17.9 Å². The van der Waals surface area contributed by atoms with E-state index in [2.05, 4.69) is 61.9 Å². The molecule has 0 atom stereocenters. The van der Waals surface area contributed by atoms with Crippen molar-refractivity contribution < 1.29 is 4.74 Å². The number of methoxy groups -OCH3 is 1. The van der Waals surface area contributed by atoms with E-state index in [-0.39, 0.29) is 0 Å². The molecule has 0 aromatic heterocycles. The zero-order chi connectivity index (χ0) is 20.8. The third kappa shape index (κ3) is 8.87. The maximum atomic E-state index is 5.11. The van der Waals surface area contributed by atoms with Crippen LogP contribution in [0.3, 0.4) is 0 Å². The van der Waals surface area contributed by atoms with Gasteiger partial charge in [-0.3, -0.25) is 4.99 Å². The van der Waals surface area contributed by atoms with Crippen LogP contribution < -0.4 is 5.32 Å². The summed E-state index contributed by atoms with van der Waals surface area (Å²) in [5, 5.41) is 3.47. The number of benzene rings is 1. The first-order chi connectivity index (χ1) is 12.9. The van der Waals surface area contributed by atoms with Crippen LogP contribution in [0.5, 0.6) is 0 Å². The molecule has 0 saturated carbocycles. The minimum Gasteiger partial charge on any atom is -0.388 e. The van der Waals surface area contributed by atoms with Crippen molar-refractivity contribution in [1.82, 2.24) is 5.32 Å². The molecular weight excluding hydrogens is 332 g/mol. The van der Waals surface area contributed by atoms with Gasteiger partial charge < -0.3 is 10.1 Å². The van der Waals surface area contributed by atoms with Gasteiger partial charge in [0.25, 0.3) is 0 Å². The number of aryl methyl sites for hydroxylation is 1. The van der Waals surface area contributed by atoms with Crippen molar-refractivity contribution in [2.75, 3.05) is 27.3 Å². The molecule has 0 spiro atoms. The molecule has 3 nitrogen and oxygen atoms in total. The molecule has 27 heavy (non-hydrogen) atoms. The summed E-state index contributed by atoms with van der Waals surface area (Å²) >= 11 is 0. The predicted octanol–water partition coefficient (Wildman–Crippen LogP) is 6.06. The number of rotatable bonds is 9. The molecule has 0 amide bonds. The Morgan fingerprint density at radius 2 is 1.89 bits per heavy atom. The lowest BCUT2D eigenvalue weighted by molar-refractivity contribution is 0.195. The Morgan fingerprint density at radius 1 is 1.22 bits per heavy atom. The molecule has 1 aromatic carbocycles. The van der Waals surface area contributed by atoms with Crippen molar-refractivity contribution in [2.24, 2.45) is 4.99 Å². The van der Waals surface area contributed by atoms with Gasteiger partial charge in [-0.2, -0.15) is 0 Å². The lowest BCUT2D eigenvalue weighted by atomic mass is 9.97. The highest BCUT2D eigenvalue weighted by Gasteiger charge is 2.07. The summed E-state index contributed by atoms with van der Waals surface area (Å²) in [7, 11) is 3.53. The van der Waals surface area contributed by atoms with E-state index in [1.165, 1.54) is 16.7 Å². The van der Waals surface area contributed by atoms with Crippen LogP contribution in [0.4, 0.5) is 0 Å². The van der Waals surface area contributed by atoms with Crippen LogP contribution in [0.2, 0.25) is 0 Å². The summed E-state index contributed by atoms with van der Waals surface area (Å²) in [6.45, 7) is 18.0. The maximum absolute atomic E-state index is 5.11. The highest BCUT2D eigenvalue weighted by molar-refractivity contribution is 6.11. The van der Waals surface area contributed by atoms with Gasteiger partial charge in [0.15, 0.2) is 0 Å². The molecule has 1 aromatic rings. The molecule has 0 saturated heterocycles. The summed E-state index contributed by atoms with van der Waals surface area (Å²) in [5.41, 5.74) is 8.15. The number of hydrogen-bond acceptors (Lipinski definition) is 3. The number of ether oxygens (including phenoxy) is 1. The minimum atomic E-state index is 0.761. The summed E-state index contributed by atoms with van der Waals surface area (Å²) < 4.78 is 5.11. The van der Waals surface area contributed by atoms with Crippen LogP contribution >= 0.6 is 0 Å². The van der Waals surface area contributed by atoms with Crippen molar-refractivity contribution in [1.29, 1.82) is 0 Å². The van der Waals surface area contributed by atoms with E-state index >= 15 is 0 Å². The second-order valence-electron chi connectivity index (χ2n) is 6.38. The molecule has 3 heteroatoms. The molecule has 0 fully saturated rings. The minimum absolute atomic E-state index is 0.761. The van der Waals surface area contributed by atoms with Crippen molar-refractivity contribution in [3.8, 4) is 0 Å². The summed E-state index contributed by atoms with van der Waals surface area (Å²) in [4.78, 5) is 4.24. The zero-order valence-corrected chi connectivity index (χ0v) is 18.6. The first-order valence-electron chi connectivity index (χ1n) is 9.71. The van der Waals surface area contributed by atoms with Crippen molar-refractivity contribution in [3.63, 3.8) is 0 Å². The second kappa shape index (κ2) is 14.0. The lowest BCUT2D eigenvalue weighted by Gasteiger charge is -2.13. The Balaban J connectivity index is 0.00000326. The van der Waals surface area contributed by atoms with Crippen LogP contribution in [0.15, 0.2) is 46.6 Å². The van der Waals surface area contributed by atoms with Gasteiger partial charge in [0.1, 0.15) is 0 Å². The largest absolute Gasteiger partial charge is 0.388 e. The Hall–Kier alpha value is -2.13. The smallest absolute Gasteiger partial charge is 0.0479 e. The average molecular weight is 371 g/mol. The molecular formula is C24H38N2O. The standard InChI is InChI=1S/C22H32N2O.C2H6/c1-16(2)18(4)13-21-14-20(10-9-17(21)3)22(15-23-6)19(5)24-11-8-12-25-7;1-2/h9-10,13-15,24H,1,8,11-12H2,2-7H3;1-2H3/b18-13+,22-19-,23-15?;. The summed E-state index contributed by atoms with van der Waals surface area (Å²) in [6.07, 6.45) is 5.09. The van der Waals surface area contributed by atoms with Gasteiger partial charge in [0.2, 0.25) is 0 Å². The molecule has 0 heterocycles. The molecule has 1 N–H and O–H groups in total. The quantitative estimate of drug-likeness (QED) is 0.326. The van der Waals surface area contributed by atoms with Crippen molar-refractivity contribution in [3.05, 3.63) is 58.3 Å². The zero-order valence-electron chi connectivity index (χ0n) is 18.6. The maximum Gasteiger partial charge on any atom is 0.0479 e. The third-order valence-corrected chi connectivity index (χ3v) is 4.21. The SMILES string of the molecule is C=C(C)/C(C)=C/c1cc(/C(C=NC)=C(/C)NCCCOC)ccc1C.CC. The molecule has 0 aliphatic rings. The lowest BCUT2D eigenvalue weighted by Crippen LogP contribution is -2.16. The van der Waals surface area contributed by atoms with E-state index in [1.54, 1.807) is 14.2 Å². The van der Waals surface area contributed by atoms with Gasteiger partial charge in [-0.1, -0.05) is 44.2 Å². The molecule has 0 aliphatic carbocycles. The van der Waals surface area contributed by atoms with Gasteiger partial charge >= 0.3 is 0 Å². The highest BCUT2D eigenvalue weighted by Crippen LogP contribution is 2.23. The van der Waals surface area contributed by atoms with Gasteiger partial charge in [-0.25, -0.2) is 0 Å². The number of nitrogens with one attached hydrogen (secondary N) is 1. The van der Waals surface area contributed by atoms with Crippen LogP contribution in [-0.2, 0) is 4.74 Å². The van der Waals surface area contributed by atoms with E-state index in [0.717, 1.165) is 42.0 Å². The summed E-state index contributed by atoms with van der Waals surface area (Å²) in [5.74, 6) is 0. The molecule has 0 unspecified atom stereocenters. The van der Waals surface area contributed by atoms with E-state index in [4.69, 9.17) is 4.74 Å². The highest BCUT2D eigenvalue weighted by atomic mass is 16.5. The number of allylic oxidation sites excluding steroid dienone is 4. The van der Waals surface area contributed by atoms with E-state index in [1.807, 2.05) is 27.0 Å². The fourth-order valence-electron chi connectivity index (χ4n) is 2.42. The second-order valence-corrected chi connectivity index (χ2v) is 6.38. The molecule has 0 bridgehead atoms. The first-order valence-corrected chi connectivity index (χ1v) is 9.71.